The number of hydrogen-bond donors (Lipinski definition) is 1. The number of Topliss-reactive ketones (excluding diaryl/α,β-unsaturated/α-hetero) is 1. The predicted octanol–water partition coefficient (Wildman–Crippen LogP) is 4.84. The highest BCUT2D eigenvalue weighted by Gasteiger charge is 2.32. The van der Waals surface area contributed by atoms with Crippen LogP contribution in [0, 0.1) is 12.8 Å². The summed E-state index contributed by atoms with van der Waals surface area (Å²) in [5, 5.41) is 4.17. The van der Waals surface area contributed by atoms with Crippen molar-refractivity contribution < 1.29 is 19.1 Å². The zero-order valence-corrected chi connectivity index (χ0v) is 19.2. The largest absolute Gasteiger partial charge is 0.493 e. The van der Waals surface area contributed by atoms with E-state index in [1.165, 1.54) is 19.3 Å². The van der Waals surface area contributed by atoms with Gasteiger partial charge in [-0.2, -0.15) is 0 Å². The summed E-state index contributed by atoms with van der Waals surface area (Å²) in [5.74, 6) is 0.569. The molecule has 2 heterocycles. The van der Waals surface area contributed by atoms with Gasteiger partial charge in [-0.3, -0.25) is 9.59 Å². The number of ether oxygens (including phenoxy) is 2. The maximum atomic E-state index is 12.6. The monoisotopic (exact) mass is 455 g/mol. The van der Waals surface area contributed by atoms with E-state index in [9.17, 15) is 9.59 Å². The second-order valence-corrected chi connectivity index (χ2v) is 9.27. The van der Waals surface area contributed by atoms with Gasteiger partial charge in [0.25, 0.3) is 0 Å². The lowest BCUT2D eigenvalue weighted by Gasteiger charge is -2.26. The Balaban J connectivity index is 1.34. The number of piperidine rings is 1. The minimum atomic E-state index is -0.453. The summed E-state index contributed by atoms with van der Waals surface area (Å²) in [6, 6.07) is 11.6. The fourth-order valence-corrected chi connectivity index (χ4v) is 4.66. The van der Waals surface area contributed by atoms with Gasteiger partial charge in [0, 0.05) is 29.5 Å². The van der Waals surface area contributed by atoms with Crippen molar-refractivity contribution in [2.75, 3.05) is 13.2 Å². The van der Waals surface area contributed by atoms with Gasteiger partial charge in [0.15, 0.2) is 0 Å². The van der Waals surface area contributed by atoms with Gasteiger partial charge in [0.1, 0.15) is 17.3 Å². The molecule has 0 aliphatic carbocycles. The first-order valence-electron chi connectivity index (χ1n) is 11.5. The molecule has 2 unspecified atom stereocenters. The minimum absolute atomic E-state index is 0.0192. The zero-order valence-electron chi connectivity index (χ0n) is 18.5. The predicted molar refractivity (Wildman–Crippen MR) is 125 cm³/mol. The number of halogens is 1. The van der Waals surface area contributed by atoms with E-state index in [1.54, 1.807) is 12.1 Å². The van der Waals surface area contributed by atoms with E-state index in [-0.39, 0.29) is 24.6 Å². The number of hydrogen-bond acceptors (Lipinski definition) is 5. The van der Waals surface area contributed by atoms with Crippen LogP contribution in [0.4, 0.5) is 0 Å². The Labute approximate surface area is 194 Å². The highest BCUT2D eigenvalue weighted by molar-refractivity contribution is 6.30. The highest BCUT2D eigenvalue weighted by atomic mass is 35.5. The second kappa shape index (κ2) is 10.5. The van der Waals surface area contributed by atoms with Crippen molar-refractivity contribution in [3.8, 4) is 11.5 Å². The van der Waals surface area contributed by atoms with Crippen LogP contribution in [-0.4, -0.2) is 30.9 Å². The maximum Gasteiger partial charge on any atom is 0.315 e. The summed E-state index contributed by atoms with van der Waals surface area (Å²) in [7, 11) is 0. The molecule has 1 fully saturated rings. The number of benzene rings is 2. The van der Waals surface area contributed by atoms with Crippen molar-refractivity contribution in [1.82, 2.24) is 5.32 Å². The van der Waals surface area contributed by atoms with Crippen molar-refractivity contribution in [2.45, 2.75) is 57.9 Å². The van der Waals surface area contributed by atoms with Gasteiger partial charge < -0.3 is 14.8 Å². The number of fused-ring (bicyclic) bond motifs is 1. The van der Waals surface area contributed by atoms with Crippen LogP contribution < -0.4 is 14.8 Å². The number of rotatable bonds is 8. The Morgan fingerprint density at radius 3 is 2.75 bits per heavy atom. The van der Waals surface area contributed by atoms with E-state index in [4.69, 9.17) is 21.1 Å². The quantitative estimate of drug-likeness (QED) is 0.455. The van der Waals surface area contributed by atoms with Crippen LogP contribution in [0.15, 0.2) is 36.4 Å². The van der Waals surface area contributed by atoms with Gasteiger partial charge in [0.05, 0.1) is 12.5 Å². The molecule has 1 N–H and O–H groups in total. The van der Waals surface area contributed by atoms with Gasteiger partial charge in [-0.15, -0.1) is 0 Å². The van der Waals surface area contributed by atoms with Crippen LogP contribution in [-0.2, 0) is 22.4 Å². The van der Waals surface area contributed by atoms with Crippen LogP contribution in [0.2, 0.25) is 5.02 Å². The summed E-state index contributed by atoms with van der Waals surface area (Å²) in [6.07, 6.45) is 5.65. The first-order valence-corrected chi connectivity index (χ1v) is 11.8. The van der Waals surface area contributed by atoms with E-state index in [0.29, 0.717) is 29.8 Å². The summed E-state index contributed by atoms with van der Waals surface area (Å²) in [5.41, 5.74) is 2.69. The third kappa shape index (κ3) is 5.70. The van der Waals surface area contributed by atoms with Crippen molar-refractivity contribution in [3.05, 3.63) is 58.1 Å². The molecule has 0 bridgehead atoms. The third-order valence-corrected chi connectivity index (χ3v) is 6.62. The summed E-state index contributed by atoms with van der Waals surface area (Å²) in [4.78, 5) is 25.2. The Kier molecular flexibility index (Phi) is 7.48. The molecule has 32 heavy (non-hydrogen) atoms. The Bertz CT molecular complexity index is 967. The molecule has 170 valence electrons. The Morgan fingerprint density at radius 1 is 1.19 bits per heavy atom. The maximum absolute atomic E-state index is 12.6. The molecule has 0 spiro atoms. The average Bonchev–Trinajstić information content (AvgIpc) is 2.79. The van der Waals surface area contributed by atoms with E-state index < -0.39 is 5.92 Å². The van der Waals surface area contributed by atoms with Crippen molar-refractivity contribution in [1.29, 1.82) is 0 Å². The molecule has 4 rings (SSSR count). The molecule has 2 aliphatic heterocycles. The molecule has 0 radical (unpaired) electrons. The number of carbonyl (C=O) groups is 2. The van der Waals surface area contributed by atoms with Crippen molar-refractivity contribution in [3.63, 3.8) is 0 Å². The second-order valence-electron chi connectivity index (χ2n) is 8.83. The third-order valence-electron chi connectivity index (χ3n) is 6.36. The van der Waals surface area contributed by atoms with Crippen molar-refractivity contribution >= 4 is 23.4 Å². The highest BCUT2D eigenvalue weighted by Crippen LogP contribution is 2.37. The fourth-order valence-electron chi connectivity index (χ4n) is 4.54. The van der Waals surface area contributed by atoms with Crippen LogP contribution in [0.3, 0.4) is 0 Å². The molecule has 5 nitrogen and oxygen atoms in total. The van der Waals surface area contributed by atoms with Crippen molar-refractivity contribution in [2.24, 2.45) is 5.92 Å². The van der Waals surface area contributed by atoms with E-state index in [2.05, 4.69) is 5.32 Å². The molecule has 1 saturated heterocycles. The van der Waals surface area contributed by atoms with Crippen LogP contribution in [0.5, 0.6) is 11.5 Å². The van der Waals surface area contributed by atoms with E-state index in [1.807, 2.05) is 31.2 Å². The molecule has 2 aromatic rings. The van der Waals surface area contributed by atoms with Crippen LogP contribution >= 0.6 is 11.6 Å². The Morgan fingerprint density at radius 2 is 2.00 bits per heavy atom. The summed E-state index contributed by atoms with van der Waals surface area (Å²) >= 11 is 5.90. The van der Waals surface area contributed by atoms with E-state index >= 15 is 0 Å². The topological polar surface area (TPSA) is 64.6 Å². The lowest BCUT2D eigenvalue weighted by molar-refractivity contribution is -0.142. The molecule has 0 saturated carbocycles. The van der Waals surface area contributed by atoms with Crippen LogP contribution in [0.1, 0.15) is 48.8 Å². The fraction of sp³-hybridized carbons (Fsp3) is 0.462. The zero-order chi connectivity index (χ0) is 22.5. The molecule has 2 atom stereocenters. The number of carbonyl (C=O) groups excluding carboxylic acids is 2. The number of esters is 1. The lowest BCUT2D eigenvalue weighted by atomic mass is 9.89. The Hall–Kier alpha value is -2.37. The number of ketones is 1. The van der Waals surface area contributed by atoms with Crippen LogP contribution in [0.25, 0.3) is 0 Å². The molecule has 0 amide bonds. The smallest absolute Gasteiger partial charge is 0.315 e. The molecular formula is C26H30ClNO4. The van der Waals surface area contributed by atoms with Gasteiger partial charge in [-0.25, -0.2) is 0 Å². The van der Waals surface area contributed by atoms with Gasteiger partial charge >= 0.3 is 5.97 Å². The molecule has 0 aromatic heterocycles. The first-order chi connectivity index (χ1) is 15.5. The normalized spacial score (nSPS) is 20.4. The standard InChI is InChI=1S/C26H30ClNO4/c1-17-24(31-13-11-22-4-2-3-12-28-22)10-7-19-15-20(26(30)32-25(17)19)16-23(29)14-18-5-8-21(27)9-6-18/h5-10,20,22,28H,2-4,11-16H2,1H3. The summed E-state index contributed by atoms with van der Waals surface area (Å²) < 4.78 is 11.7. The molecule has 2 aromatic carbocycles. The van der Waals surface area contributed by atoms with Gasteiger partial charge in [0.2, 0.25) is 0 Å². The van der Waals surface area contributed by atoms with Gasteiger partial charge in [-0.1, -0.05) is 36.2 Å². The summed E-state index contributed by atoms with van der Waals surface area (Å²) in [6.45, 7) is 3.64. The minimum Gasteiger partial charge on any atom is -0.493 e. The lowest BCUT2D eigenvalue weighted by Crippen LogP contribution is -2.35. The first kappa shape index (κ1) is 22.8. The number of nitrogens with one attached hydrogen (secondary N) is 1. The van der Waals surface area contributed by atoms with E-state index in [0.717, 1.165) is 35.4 Å². The average molecular weight is 456 g/mol. The molecule has 2 aliphatic rings. The van der Waals surface area contributed by atoms with Gasteiger partial charge in [-0.05, 0) is 68.5 Å². The molecular weight excluding hydrogens is 426 g/mol. The SMILES string of the molecule is Cc1c(OCCC2CCCCN2)ccc2c1OC(=O)C(CC(=O)Cc1ccc(Cl)cc1)C2. The molecule has 6 heteroatoms.